The van der Waals surface area contributed by atoms with Crippen LogP contribution in [0.5, 0.6) is 17.2 Å². The van der Waals surface area contributed by atoms with Crippen molar-refractivity contribution in [3.63, 3.8) is 0 Å². The van der Waals surface area contributed by atoms with Gasteiger partial charge in [0.25, 0.3) is 0 Å². The third kappa shape index (κ3) is 6.09. The highest BCUT2D eigenvalue weighted by Gasteiger charge is 2.48. The largest absolute Gasteiger partial charge is 0.490 e. The van der Waals surface area contributed by atoms with E-state index in [0.717, 1.165) is 17.5 Å². The number of nitrogens with zero attached hydrogens (tertiary/aromatic N) is 2. The highest BCUT2D eigenvalue weighted by molar-refractivity contribution is 6.06. The van der Waals surface area contributed by atoms with Crippen molar-refractivity contribution in [2.75, 3.05) is 13.2 Å². The Hall–Kier alpha value is -4.15. The van der Waals surface area contributed by atoms with Crippen molar-refractivity contribution >= 4 is 17.3 Å². The second-order valence-electron chi connectivity index (χ2n) is 13.5. The average molecular weight is 627 g/mol. The Labute approximate surface area is 260 Å². The molecule has 8 nitrogen and oxygen atoms in total. The number of benzene rings is 2. The molecular formula is C34H37F3N2O6. The number of rotatable bonds is 7. The summed E-state index contributed by atoms with van der Waals surface area (Å²) in [5, 5.41) is 11.7. The van der Waals surface area contributed by atoms with Crippen molar-refractivity contribution < 1.29 is 37.2 Å². The monoisotopic (exact) mass is 626 g/mol. The first-order chi connectivity index (χ1) is 21.0. The topological polar surface area (TPSA) is 99.0 Å². The van der Waals surface area contributed by atoms with Gasteiger partial charge in [-0.2, -0.15) is 13.2 Å². The van der Waals surface area contributed by atoms with Gasteiger partial charge in [0, 0.05) is 53.9 Å². The fourth-order valence-electron chi connectivity index (χ4n) is 6.86. The highest BCUT2D eigenvalue weighted by atomic mass is 19.4. The van der Waals surface area contributed by atoms with Crippen LogP contribution in [-0.4, -0.2) is 34.5 Å². The lowest BCUT2D eigenvalue weighted by atomic mass is 9.63. The van der Waals surface area contributed by atoms with Crippen LogP contribution in [0.3, 0.4) is 0 Å². The molecule has 2 aromatic rings. The summed E-state index contributed by atoms with van der Waals surface area (Å²) in [6, 6.07) is 6.92. The Bertz CT molecular complexity index is 1600. The molecule has 5 rings (SSSR count). The zero-order chi connectivity index (χ0) is 33.1. The molecule has 45 heavy (non-hydrogen) atoms. The van der Waals surface area contributed by atoms with Gasteiger partial charge in [-0.3, -0.25) is 19.7 Å². The first-order valence-electron chi connectivity index (χ1n) is 15.1. The smallest absolute Gasteiger partial charge is 0.416 e. The number of hydrogen-bond donors (Lipinski definition) is 0. The summed E-state index contributed by atoms with van der Waals surface area (Å²) >= 11 is 0. The molecule has 1 heterocycles. The van der Waals surface area contributed by atoms with E-state index >= 15 is 0 Å². The van der Waals surface area contributed by atoms with Gasteiger partial charge in [0.05, 0.1) is 17.1 Å². The van der Waals surface area contributed by atoms with Gasteiger partial charge in [0.2, 0.25) is 5.75 Å². The number of nitro groups is 1. The molecule has 2 aliphatic carbocycles. The molecule has 240 valence electrons. The average Bonchev–Trinajstić information content (AvgIpc) is 2.91. The molecule has 2 aromatic carbocycles. The number of halogens is 3. The number of alkyl halides is 3. The van der Waals surface area contributed by atoms with Crippen molar-refractivity contribution in [1.82, 2.24) is 4.90 Å². The molecule has 1 aliphatic heterocycles. The van der Waals surface area contributed by atoms with Crippen LogP contribution in [0.15, 0.2) is 58.9 Å². The van der Waals surface area contributed by atoms with Crippen molar-refractivity contribution in [2.24, 2.45) is 10.8 Å². The quantitative estimate of drug-likeness (QED) is 0.224. The predicted molar refractivity (Wildman–Crippen MR) is 161 cm³/mol. The summed E-state index contributed by atoms with van der Waals surface area (Å²) in [5.74, 6) is -0.843. The van der Waals surface area contributed by atoms with Gasteiger partial charge in [-0.1, -0.05) is 33.8 Å². The predicted octanol–water partition coefficient (Wildman–Crippen LogP) is 8.51. The number of ketones is 2. The molecule has 0 atom stereocenters. The van der Waals surface area contributed by atoms with Crippen molar-refractivity contribution in [1.29, 1.82) is 0 Å². The molecular weight excluding hydrogens is 589 g/mol. The maximum Gasteiger partial charge on any atom is 0.416 e. The highest BCUT2D eigenvalue weighted by Crippen LogP contribution is 2.55. The van der Waals surface area contributed by atoms with Crippen LogP contribution in [0.2, 0.25) is 0 Å². The molecule has 0 saturated heterocycles. The van der Waals surface area contributed by atoms with Gasteiger partial charge in [-0.05, 0) is 67.3 Å². The number of nitro benzene ring substituents is 1. The minimum atomic E-state index is -4.77. The standard InChI is InChI=1S/C34H37F3N2O6/c1-7-38-22-15-32(3,4)17-24(40)30(22)29(31-23(38)16-33(5,6)18-25(31)41)19-9-11-27(28(13-19)44-8-2)45-26-12-10-20(34(35,36)37)14-21(26)39(42)43/h9-14,29H,7-8,15-18H2,1-6H3. The summed E-state index contributed by atoms with van der Waals surface area (Å²) in [7, 11) is 0. The molecule has 0 spiro atoms. The minimum Gasteiger partial charge on any atom is -0.490 e. The Morgan fingerprint density at radius 1 is 0.867 bits per heavy atom. The van der Waals surface area contributed by atoms with Crippen LogP contribution in [0.25, 0.3) is 0 Å². The molecule has 0 unspecified atom stereocenters. The number of carbonyl (C=O) groups excluding carboxylic acids is 2. The molecule has 3 aliphatic rings. The van der Waals surface area contributed by atoms with E-state index in [4.69, 9.17) is 9.47 Å². The van der Waals surface area contributed by atoms with Crippen molar-refractivity contribution in [3.8, 4) is 17.2 Å². The molecule has 0 radical (unpaired) electrons. The van der Waals surface area contributed by atoms with Gasteiger partial charge in [-0.25, -0.2) is 0 Å². The molecule has 11 heteroatoms. The maximum absolute atomic E-state index is 13.9. The molecule has 0 amide bonds. The van der Waals surface area contributed by atoms with Gasteiger partial charge < -0.3 is 14.4 Å². The number of ether oxygens (including phenoxy) is 2. The third-order valence-corrected chi connectivity index (χ3v) is 8.64. The lowest BCUT2D eigenvalue weighted by Gasteiger charge is -2.48. The van der Waals surface area contributed by atoms with E-state index in [1.807, 2.05) is 6.92 Å². The number of carbonyl (C=O) groups is 2. The third-order valence-electron chi connectivity index (χ3n) is 8.64. The first kappa shape index (κ1) is 32.2. The lowest BCUT2D eigenvalue weighted by Crippen LogP contribution is -2.44. The Morgan fingerprint density at radius 3 is 1.91 bits per heavy atom. The summed E-state index contributed by atoms with van der Waals surface area (Å²) in [4.78, 5) is 40.7. The van der Waals surface area contributed by atoms with Gasteiger partial charge in [-0.15, -0.1) is 0 Å². The first-order valence-corrected chi connectivity index (χ1v) is 15.1. The molecule has 0 N–H and O–H groups in total. The van der Waals surface area contributed by atoms with Crippen LogP contribution >= 0.6 is 0 Å². The number of Topliss-reactive ketones (excluding diaryl/α,β-unsaturated/α-hetero) is 2. The van der Waals surface area contributed by atoms with Crippen LogP contribution in [0.1, 0.15) is 84.3 Å². The van der Waals surface area contributed by atoms with Crippen LogP contribution in [-0.2, 0) is 15.8 Å². The summed E-state index contributed by atoms with van der Waals surface area (Å²) in [5.41, 5.74) is 1.13. The fourth-order valence-corrected chi connectivity index (χ4v) is 6.86. The number of hydrogen-bond acceptors (Lipinski definition) is 7. The van der Waals surface area contributed by atoms with E-state index in [1.54, 1.807) is 19.1 Å². The van der Waals surface area contributed by atoms with E-state index in [1.165, 1.54) is 6.07 Å². The van der Waals surface area contributed by atoms with Crippen LogP contribution < -0.4 is 9.47 Å². The Balaban J connectivity index is 1.66. The maximum atomic E-state index is 13.9. The van der Waals surface area contributed by atoms with Gasteiger partial charge >= 0.3 is 11.9 Å². The summed E-state index contributed by atoms with van der Waals surface area (Å²) in [6.45, 7) is 12.8. The van der Waals surface area contributed by atoms with Crippen LogP contribution in [0.4, 0.5) is 18.9 Å². The second kappa shape index (κ2) is 11.3. The summed E-state index contributed by atoms with van der Waals surface area (Å²) in [6.07, 6.45) is -2.77. The van der Waals surface area contributed by atoms with Crippen molar-refractivity contribution in [2.45, 2.75) is 79.3 Å². The molecule has 0 bridgehead atoms. The van der Waals surface area contributed by atoms with E-state index in [0.29, 0.717) is 61.1 Å². The molecule has 0 saturated carbocycles. The lowest BCUT2D eigenvalue weighted by molar-refractivity contribution is -0.385. The second-order valence-corrected chi connectivity index (χ2v) is 13.5. The zero-order valence-corrected chi connectivity index (χ0v) is 26.3. The zero-order valence-electron chi connectivity index (χ0n) is 26.3. The Kier molecular flexibility index (Phi) is 8.12. The Morgan fingerprint density at radius 2 is 1.42 bits per heavy atom. The fraction of sp³-hybridized carbons (Fsp3) is 0.471. The van der Waals surface area contributed by atoms with E-state index in [9.17, 15) is 32.9 Å². The SMILES string of the molecule is CCOc1cc(C2C3=C(CC(C)(C)CC3=O)N(CC)C3=C2C(=O)CC(C)(C)C3)ccc1Oc1ccc(C(F)(F)F)cc1[N+](=O)[O-]. The molecule has 0 aromatic heterocycles. The summed E-state index contributed by atoms with van der Waals surface area (Å²) < 4.78 is 51.4. The van der Waals surface area contributed by atoms with Crippen molar-refractivity contribution in [3.05, 3.63) is 80.2 Å². The van der Waals surface area contributed by atoms with E-state index in [-0.39, 0.29) is 46.3 Å². The number of allylic oxidation sites excluding steroid dienone is 4. The van der Waals surface area contributed by atoms with Crippen LogP contribution in [0, 0.1) is 20.9 Å². The normalized spacial score (nSPS) is 19.8. The van der Waals surface area contributed by atoms with Gasteiger partial charge in [0.15, 0.2) is 23.1 Å². The van der Waals surface area contributed by atoms with Gasteiger partial charge in [0.1, 0.15) is 0 Å². The molecule has 0 fully saturated rings. The van der Waals surface area contributed by atoms with E-state index in [2.05, 4.69) is 32.6 Å². The van der Waals surface area contributed by atoms with E-state index < -0.39 is 28.3 Å². The minimum absolute atomic E-state index is 0.0208.